The monoisotopic (exact) mass is 275 g/mol. The molecule has 3 aromatic carbocycles. The molecule has 1 unspecified atom stereocenters. The fourth-order valence-corrected chi connectivity index (χ4v) is 2.44. The van der Waals surface area contributed by atoms with Crippen molar-refractivity contribution in [3.63, 3.8) is 0 Å². The van der Waals surface area contributed by atoms with E-state index < -0.39 is 0 Å². The van der Waals surface area contributed by atoms with Crippen LogP contribution in [0.4, 0.5) is 0 Å². The molecule has 0 saturated heterocycles. The van der Waals surface area contributed by atoms with Crippen molar-refractivity contribution in [1.82, 2.24) is 5.32 Å². The molecule has 3 rings (SSSR count). The van der Waals surface area contributed by atoms with Crippen molar-refractivity contribution in [2.24, 2.45) is 0 Å². The maximum Gasteiger partial charge on any atom is 0.251 e. The largest absolute Gasteiger partial charge is 0.346 e. The van der Waals surface area contributed by atoms with Crippen molar-refractivity contribution < 1.29 is 4.79 Å². The van der Waals surface area contributed by atoms with Crippen LogP contribution in [-0.2, 0) is 0 Å². The van der Waals surface area contributed by atoms with E-state index in [2.05, 4.69) is 5.32 Å². The van der Waals surface area contributed by atoms with E-state index in [4.69, 9.17) is 0 Å². The molecule has 0 aromatic heterocycles. The van der Waals surface area contributed by atoms with Crippen LogP contribution in [0.5, 0.6) is 0 Å². The SMILES string of the molecule is CC(NC(=O)c1ccc2ccccc2c1)c1ccccc1. The Labute approximate surface area is 124 Å². The highest BCUT2D eigenvalue weighted by Gasteiger charge is 2.11. The standard InChI is InChI=1S/C19H17NO/c1-14(15-7-3-2-4-8-15)20-19(21)18-12-11-16-9-5-6-10-17(16)13-18/h2-14H,1H3,(H,20,21). The second kappa shape index (κ2) is 5.80. The number of nitrogens with one attached hydrogen (secondary N) is 1. The molecule has 2 heteroatoms. The van der Waals surface area contributed by atoms with Gasteiger partial charge in [0.1, 0.15) is 0 Å². The summed E-state index contributed by atoms with van der Waals surface area (Å²) in [5.74, 6) is -0.0443. The molecule has 1 amide bonds. The minimum absolute atomic E-state index is 0.00910. The van der Waals surface area contributed by atoms with Crippen molar-refractivity contribution in [1.29, 1.82) is 0 Å². The molecule has 104 valence electrons. The Bertz CT molecular complexity index is 765. The van der Waals surface area contributed by atoms with Gasteiger partial charge in [0.05, 0.1) is 6.04 Å². The molecular weight excluding hydrogens is 258 g/mol. The van der Waals surface area contributed by atoms with Gasteiger partial charge in [0.2, 0.25) is 0 Å². The summed E-state index contributed by atoms with van der Waals surface area (Å²) in [6.45, 7) is 1.99. The van der Waals surface area contributed by atoms with Crippen LogP contribution in [0.2, 0.25) is 0 Å². The number of hydrogen-bond donors (Lipinski definition) is 1. The van der Waals surface area contributed by atoms with E-state index in [-0.39, 0.29) is 11.9 Å². The third kappa shape index (κ3) is 2.95. The molecule has 2 nitrogen and oxygen atoms in total. The summed E-state index contributed by atoms with van der Waals surface area (Å²) in [7, 11) is 0. The molecule has 0 heterocycles. The molecule has 0 bridgehead atoms. The Morgan fingerprint density at radius 3 is 2.29 bits per heavy atom. The first kappa shape index (κ1) is 13.4. The lowest BCUT2D eigenvalue weighted by molar-refractivity contribution is 0.0940. The van der Waals surface area contributed by atoms with Gasteiger partial charge in [-0.3, -0.25) is 4.79 Å². The fourth-order valence-electron chi connectivity index (χ4n) is 2.44. The van der Waals surface area contributed by atoms with Crippen LogP contribution in [0.1, 0.15) is 28.9 Å². The summed E-state index contributed by atoms with van der Waals surface area (Å²) in [6.07, 6.45) is 0. The molecule has 0 aliphatic heterocycles. The molecule has 1 N–H and O–H groups in total. The minimum Gasteiger partial charge on any atom is -0.346 e. The van der Waals surface area contributed by atoms with Crippen LogP contribution < -0.4 is 5.32 Å². The summed E-state index contributed by atoms with van der Waals surface area (Å²) in [6, 6.07) is 23.8. The van der Waals surface area contributed by atoms with Gasteiger partial charge in [-0.2, -0.15) is 0 Å². The Hall–Kier alpha value is -2.61. The zero-order valence-corrected chi connectivity index (χ0v) is 11.9. The highest BCUT2D eigenvalue weighted by molar-refractivity contribution is 5.98. The van der Waals surface area contributed by atoms with E-state index in [0.29, 0.717) is 5.56 Å². The predicted octanol–water partition coefficient (Wildman–Crippen LogP) is 4.33. The first-order valence-corrected chi connectivity index (χ1v) is 7.08. The molecule has 0 fully saturated rings. The topological polar surface area (TPSA) is 29.1 Å². The highest BCUT2D eigenvalue weighted by atomic mass is 16.1. The molecule has 0 aliphatic carbocycles. The number of carbonyl (C=O) groups is 1. The summed E-state index contributed by atoms with van der Waals surface area (Å²) < 4.78 is 0. The van der Waals surface area contributed by atoms with Gasteiger partial charge < -0.3 is 5.32 Å². The van der Waals surface area contributed by atoms with Crippen LogP contribution in [-0.4, -0.2) is 5.91 Å². The summed E-state index contributed by atoms with van der Waals surface area (Å²) in [5, 5.41) is 5.26. The Balaban J connectivity index is 1.80. The van der Waals surface area contributed by atoms with Crippen molar-refractivity contribution in [2.45, 2.75) is 13.0 Å². The summed E-state index contributed by atoms with van der Waals surface area (Å²) in [4.78, 5) is 12.4. The van der Waals surface area contributed by atoms with E-state index in [1.807, 2.05) is 79.7 Å². The van der Waals surface area contributed by atoms with Crippen molar-refractivity contribution in [3.8, 4) is 0 Å². The highest BCUT2D eigenvalue weighted by Crippen LogP contribution is 2.17. The Morgan fingerprint density at radius 1 is 0.857 bits per heavy atom. The second-order valence-electron chi connectivity index (χ2n) is 5.17. The van der Waals surface area contributed by atoms with Gasteiger partial charge in [0, 0.05) is 5.56 Å². The number of hydrogen-bond acceptors (Lipinski definition) is 1. The van der Waals surface area contributed by atoms with Crippen molar-refractivity contribution in [3.05, 3.63) is 83.9 Å². The fraction of sp³-hybridized carbons (Fsp3) is 0.105. The van der Waals surface area contributed by atoms with Crippen LogP contribution in [0.25, 0.3) is 10.8 Å². The van der Waals surface area contributed by atoms with Crippen LogP contribution >= 0.6 is 0 Å². The molecule has 3 aromatic rings. The average Bonchev–Trinajstić information content (AvgIpc) is 2.55. The molecule has 0 saturated carbocycles. The van der Waals surface area contributed by atoms with Crippen LogP contribution in [0.3, 0.4) is 0 Å². The van der Waals surface area contributed by atoms with Crippen LogP contribution in [0.15, 0.2) is 72.8 Å². The number of fused-ring (bicyclic) bond motifs is 1. The van der Waals surface area contributed by atoms with Gasteiger partial charge >= 0.3 is 0 Å². The molecule has 21 heavy (non-hydrogen) atoms. The van der Waals surface area contributed by atoms with Gasteiger partial charge in [0.15, 0.2) is 0 Å². The molecule has 0 spiro atoms. The third-order valence-electron chi connectivity index (χ3n) is 3.66. The number of rotatable bonds is 3. The number of amides is 1. The Morgan fingerprint density at radius 2 is 1.52 bits per heavy atom. The quantitative estimate of drug-likeness (QED) is 0.757. The van der Waals surface area contributed by atoms with Gasteiger partial charge in [-0.25, -0.2) is 0 Å². The molecular formula is C19H17NO. The first-order chi connectivity index (χ1) is 10.2. The van der Waals surface area contributed by atoms with E-state index in [1.165, 1.54) is 0 Å². The average molecular weight is 275 g/mol. The van der Waals surface area contributed by atoms with Gasteiger partial charge in [-0.05, 0) is 35.4 Å². The zero-order chi connectivity index (χ0) is 14.7. The lowest BCUT2D eigenvalue weighted by Crippen LogP contribution is -2.26. The number of benzene rings is 3. The molecule has 1 atom stereocenters. The van der Waals surface area contributed by atoms with E-state index >= 15 is 0 Å². The van der Waals surface area contributed by atoms with Gasteiger partial charge in [0.25, 0.3) is 5.91 Å². The lowest BCUT2D eigenvalue weighted by Gasteiger charge is -2.14. The molecule has 0 aliphatic rings. The zero-order valence-electron chi connectivity index (χ0n) is 11.9. The lowest BCUT2D eigenvalue weighted by atomic mass is 10.1. The van der Waals surface area contributed by atoms with Gasteiger partial charge in [-0.1, -0.05) is 60.7 Å². The molecule has 0 radical (unpaired) electrons. The van der Waals surface area contributed by atoms with E-state index in [9.17, 15) is 4.79 Å². The minimum atomic E-state index is -0.0443. The predicted molar refractivity (Wildman–Crippen MR) is 86.3 cm³/mol. The van der Waals surface area contributed by atoms with Gasteiger partial charge in [-0.15, -0.1) is 0 Å². The van der Waals surface area contributed by atoms with Crippen molar-refractivity contribution >= 4 is 16.7 Å². The number of carbonyl (C=O) groups excluding carboxylic acids is 1. The second-order valence-corrected chi connectivity index (χ2v) is 5.17. The third-order valence-corrected chi connectivity index (χ3v) is 3.66. The first-order valence-electron chi connectivity index (χ1n) is 7.08. The Kier molecular flexibility index (Phi) is 3.69. The van der Waals surface area contributed by atoms with Crippen molar-refractivity contribution in [2.75, 3.05) is 0 Å². The summed E-state index contributed by atoms with van der Waals surface area (Å²) >= 11 is 0. The summed E-state index contributed by atoms with van der Waals surface area (Å²) in [5.41, 5.74) is 1.79. The van der Waals surface area contributed by atoms with E-state index in [1.54, 1.807) is 0 Å². The normalized spacial score (nSPS) is 12.0. The van der Waals surface area contributed by atoms with Crippen LogP contribution in [0, 0.1) is 0 Å². The maximum absolute atomic E-state index is 12.4. The van der Waals surface area contributed by atoms with E-state index in [0.717, 1.165) is 16.3 Å². The maximum atomic E-state index is 12.4. The smallest absolute Gasteiger partial charge is 0.251 e.